The summed E-state index contributed by atoms with van der Waals surface area (Å²) in [5.74, 6) is -0.298. The van der Waals surface area contributed by atoms with Crippen molar-refractivity contribution in [2.75, 3.05) is 25.5 Å². The molecule has 2 atom stereocenters. The van der Waals surface area contributed by atoms with Gasteiger partial charge in [0, 0.05) is 29.8 Å². The van der Waals surface area contributed by atoms with Crippen LogP contribution in [0, 0.1) is 28.9 Å². The van der Waals surface area contributed by atoms with Gasteiger partial charge in [0.15, 0.2) is 0 Å². The van der Waals surface area contributed by atoms with E-state index in [-0.39, 0.29) is 42.2 Å². The smallest absolute Gasteiger partial charge is 0.243 e. The van der Waals surface area contributed by atoms with Crippen LogP contribution < -0.4 is 0 Å². The normalized spacial score (nSPS) is 23.3. The van der Waals surface area contributed by atoms with Gasteiger partial charge in [-0.15, -0.1) is 11.6 Å². The highest BCUT2D eigenvalue weighted by molar-refractivity contribution is 7.89. The standard InChI is InChI=1S/C13H17ClN2O4S/c1-10-2-4-13(5-3-10)21(19,20)15-7-11(6-14)12(8-15)9-16(17)18/h2-5,11-12H,6-9H2,1H3. The van der Waals surface area contributed by atoms with E-state index in [9.17, 15) is 18.5 Å². The van der Waals surface area contributed by atoms with E-state index in [2.05, 4.69) is 0 Å². The third-order valence-corrected chi connectivity index (χ3v) is 6.03. The lowest BCUT2D eigenvalue weighted by atomic mass is 9.98. The van der Waals surface area contributed by atoms with E-state index >= 15 is 0 Å². The first-order valence-corrected chi connectivity index (χ1v) is 8.56. The van der Waals surface area contributed by atoms with Crippen LogP contribution in [-0.4, -0.2) is 43.2 Å². The first-order chi connectivity index (χ1) is 9.84. The Morgan fingerprint density at radius 1 is 1.29 bits per heavy atom. The Balaban J connectivity index is 2.21. The molecule has 116 valence electrons. The Bertz CT molecular complexity index is 618. The summed E-state index contributed by atoms with van der Waals surface area (Å²) < 4.78 is 26.4. The molecule has 0 aromatic heterocycles. The predicted molar refractivity (Wildman–Crippen MR) is 79.5 cm³/mol. The molecule has 1 aliphatic heterocycles. The lowest BCUT2D eigenvalue weighted by Crippen LogP contribution is -2.29. The maximum absolute atomic E-state index is 12.6. The summed E-state index contributed by atoms with van der Waals surface area (Å²) in [6, 6.07) is 6.58. The number of nitro groups is 1. The van der Waals surface area contributed by atoms with Crippen LogP contribution in [0.5, 0.6) is 0 Å². The van der Waals surface area contributed by atoms with Gasteiger partial charge in [0.2, 0.25) is 16.6 Å². The van der Waals surface area contributed by atoms with Gasteiger partial charge in [-0.3, -0.25) is 10.1 Å². The van der Waals surface area contributed by atoms with Crippen molar-refractivity contribution in [3.05, 3.63) is 39.9 Å². The summed E-state index contributed by atoms with van der Waals surface area (Å²) in [6.07, 6.45) is 0. The molecule has 0 spiro atoms. The molecular weight excluding hydrogens is 316 g/mol. The number of sulfonamides is 1. The van der Waals surface area contributed by atoms with Gasteiger partial charge in [0.05, 0.1) is 4.90 Å². The SMILES string of the molecule is Cc1ccc(S(=O)(=O)N2CC(CCl)C(C[N+](=O)[O-])C2)cc1. The predicted octanol–water partition coefficient (Wildman–Crippen LogP) is 1.75. The number of rotatable bonds is 5. The minimum Gasteiger partial charge on any atom is -0.265 e. The molecule has 0 saturated carbocycles. The fourth-order valence-electron chi connectivity index (χ4n) is 2.52. The molecule has 8 heteroatoms. The summed E-state index contributed by atoms with van der Waals surface area (Å²) in [4.78, 5) is 10.5. The van der Waals surface area contributed by atoms with Gasteiger partial charge in [0.1, 0.15) is 0 Å². The van der Waals surface area contributed by atoms with Crippen molar-refractivity contribution >= 4 is 21.6 Å². The van der Waals surface area contributed by atoms with Crippen LogP contribution in [0.25, 0.3) is 0 Å². The number of aryl methyl sites for hydroxylation is 1. The van der Waals surface area contributed by atoms with Gasteiger partial charge in [0.25, 0.3) is 0 Å². The van der Waals surface area contributed by atoms with E-state index in [1.807, 2.05) is 6.92 Å². The summed E-state index contributed by atoms with van der Waals surface area (Å²) in [5, 5.41) is 10.7. The van der Waals surface area contributed by atoms with E-state index < -0.39 is 14.9 Å². The fraction of sp³-hybridized carbons (Fsp3) is 0.538. The molecule has 0 aliphatic carbocycles. The minimum absolute atomic E-state index is 0.147. The van der Waals surface area contributed by atoms with Crippen molar-refractivity contribution in [1.29, 1.82) is 0 Å². The van der Waals surface area contributed by atoms with Gasteiger partial charge < -0.3 is 0 Å². The second-order valence-corrected chi connectivity index (χ2v) is 7.57. The van der Waals surface area contributed by atoms with E-state index in [0.29, 0.717) is 0 Å². The Labute approximate surface area is 128 Å². The fourth-order valence-corrected chi connectivity index (χ4v) is 4.43. The number of nitrogens with zero attached hydrogens (tertiary/aromatic N) is 2. The third-order valence-electron chi connectivity index (χ3n) is 3.78. The van der Waals surface area contributed by atoms with E-state index in [1.165, 1.54) is 4.31 Å². The summed E-state index contributed by atoms with van der Waals surface area (Å²) in [5.41, 5.74) is 0.972. The average molecular weight is 333 g/mol. The number of halogens is 1. The zero-order chi connectivity index (χ0) is 15.6. The molecule has 1 aromatic rings. The van der Waals surface area contributed by atoms with Crippen LogP contribution in [0.15, 0.2) is 29.2 Å². The molecule has 21 heavy (non-hydrogen) atoms. The van der Waals surface area contributed by atoms with Crippen molar-refractivity contribution in [3.63, 3.8) is 0 Å². The summed E-state index contributed by atoms with van der Waals surface area (Å²) in [7, 11) is -3.62. The minimum atomic E-state index is -3.62. The molecule has 0 radical (unpaired) electrons. The Morgan fingerprint density at radius 2 is 1.86 bits per heavy atom. The molecule has 2 unspecified atom stereocenters. The molecule has 1 saturated heterocycles. The van der Waals surface area contributed by atoms with E-state index in [4.69, 9.17) is 11.6 Å². The Kier molecular flexibility index (Phi) is 4.85. The maximum atomic E-state index is 12.6. The molecule has 1 aromatic carbocycles. The highest BCUT2D eigenvalue weighted by Crippen LogP contribution is 2.29. The second-order valence-electron chi connectivity index (χ2n) is 5.32. The van der Waals surface area contributed by atoms with E-state index in [0.717, 1.165) is 5.56 Å². The highest BCUT2D eigenvalue weighted by atomic mass is 35.5. The lowest BCUT2D eigenvalue weighted by Gasteiger charge is -2.16. The molecule has 2 rings (SSSR count). The van der Waals surface area contributed by atoms with Crippen molar-refractivity contribution in [3.8, 4) is 0 Å². The monoisotopic (exact) mass is 332 g/mol. The van der Waals surface area contributed by atoms with Crippen LogP contribution >= 0.6 is 11.6 Å². The van der Waals surface area contributed by atoms with Crippen LogP contribution in [0.2, 0.25) is 0 Å². The number of benzene rings is 1. The van der Waals surface area contributed by atoms with Gasteiger partial charge in [-0.25, -0.2) is 8.42 Å². The van der Waals surface area contributed by atoms with Crippen molar-refractivity contribution in [2.24, 2.45) is 11.8 Å². The zero-order valence-corrected chi connectivity index (χ0v) is 13.2. The van der Waals surface area contributed by atoms with Crippen molar-refractivity contribution in [2.45, 2.75) is 11.8 Å². The summed E-state index contributed by atoms with van der Waals surface area (Å²) >= 11 is 5.82. The van der Waals surface area contributed by atoms with Crippen LogP contribution in [0.4, 0.5) is 0 Å². The van der Waals surface area contributed by atoms with Gasteiger partial charge >= 0.3 is 0 Å². The number of hydrogen-bond donors (Lipinski definition) is 0. The molecule has 0 amide bonds. The first-order valence-electron chi connectivity index (χ1n) is 6.59. The quantitative estimate of drug-likeness (QED) is 0.467. The van der Waals surface area contributed by atoms with Crippen molar-refractivity contribution in [1.82, 2.24) is 4.31 Å². The van der Waals surface area contributed by atoms with Gasteiger partial charge in [-0.05, 0) is 25.0 Å². The lowest BCUT2D eigenvalue weighted by molar-refractivity contribution is -0.488. The second kappa shape index (κ2) is 6.29. The molecular formula is C13H17ClN2O4S. The first kappa shape index (κ1) is 16.2. The van der Waals surface area contributed by atoms with Crippen LogP contribution in [0.1, 0.15) is 5.56 Å². The number of alkyl halides is 1. The zero-order valence-electron chi connectivity index (χ0n) is 11.6. The van der Waals surface area contributed by atoms with E-state index in [1.54, 1.807) is 24.3 Å². The molecule has 1 fully saturated rings. The molecule has 1 aliphatic rings. The summed E-state index contributed by atoms with van der Waals surface area (Å²) in [6.45, 7) is 2.01. The maximum Gasteiger partial charge on any atom is 0.243 e. The van der Waals surface area contributed by atoms with Gasteiger partial charge in [-0.2, -0.15) is 4.31 Å². The topological polar surface area (TPSA) is 80.5 Å². The molecule has 6 nitrogen and oxygen atoms in total. The molecule has 0 N–H and O–H groups in total. The van der Waals surface area contributed by atoms with Crippen LogP contribution in [0.3, 0.4) is 0 Å². The molecule has 1 heterocycles. The van der Waals surface area contributed by atoms with Gasteiger partial charge in [-0.1, -0.05) is 17.7 Å². The highest BCUT2D eigenvalue weighted by Gasteiger charge is 2.41. The molecule has 0 bridgehead atoms. The Hall–Kier alpha value is -1.18. The Morgan fingerprint density at radius 3 is 2.38 bits per heavy atom. The van der Waals surface area contributed by atoms with Crippen molar-refractivity contribution < 1.29 is 13.3 Å². The largest absolute Gasteiger partial charge is 0.265 e. The van der Waals surface area contributed by atoms with Crippen LogP contribution in [-0.2, 0) is 10.0 Å². The third kappa shape index (κ3) is 3.53. The number of hydrogen-bond acceptors (Lipinski definition) is 4. The average Bonchev–Trinajstić information content (AvgIpc) is 2.82.